The number of hydrogen-bond donors (Lipinski definition) is 2. The van der Waals surface area contributed by atoms with E-state index in [-0.39, 0.29) is 11.9 Å². The smallest absolute Gasteiger partial charge is 0.244 e. The Morgan fingerprint density at radius 2 is 2.00 bits per heavy atom. The summed E-state index contributed by atoms with van der Waals surface area (Å²) in [4.78, 5) is 17.5. The molecule has 2 aromatic rings. The molecule has 1 aromatic heterocycles. The van der Waals surface area contributed by atoms with Crippen LogP contribution in [0.2, 0.25) is 0 Å². The number of aromatic amines is 1. The highest BCUT2D eigenvalue weighted by molar-refractivity contribution is 5.99. The molecular weight excluding hydrogens is 294 g/mol. The van der Waals surface area contributed by atoms with Crippen LogP contribution in [0.4, 0.5) is 5.69 Å². The van der Waals surface area contributed by atoms with Crippen molar-refractivity contribution in [3.63, 3.8) is 0 Å². The number of anilines is 1. The van der Waals surface area contributed by atoms with Crippen LogP contribution in [0.5, 0.6) is 11.5 Å². The topological polar surface area (TPSA) is 66.6 Å². The number of rotatable bonds is 6. The van der Waals surface area contributed by atoms with Crippen molar-refractivity contribution in [2.24, 2.45) is 0 Å². The molecule has 3 rings (SSSR count). The third-order valence-electron chi connectivity index (χ3n) is 4.05. The summed E-state index contributed by atoms with van der Waals surface area (Å²) in [5.74, 6) is 1.43. The van der Waals surface area contributed by atoms with Gasteiger partial charge in [0.25, 0.3) is 0 Å². The van der Waals surface area contributed by atoms with Crippen molar-refractivity contribution in [1.82, 2.24) is 10.3 Å². The number of H-pyrrole nitrogens is 1. The van der Waals surface area contributed by atoms with Gasteiger partial charge in [0.05, 0.1) is 25.9 Å². The summed E-state index contributed by atoms with van der Waals surface area (Å²) in [6, 6.07) is 9.28. The third-order valence-corrected chi connectivity index (χ3v) is 4.05. The molecule has 23 heavy (non-hydrogen) atoms. The Morgan fingerprint density at radius 1 is 1.26 bits per heavy atom. The highest BCUT2D eigenvalue weighted by Crippen LogP contribution is 2.30. The number of amides is 1. The first kappa shape index (κ1) is 15.4. The van der Waals surface area contributed by atoms with E-state index >= 15 is 0 Å². The van der Waals surface area contributed by atoms with E-state index in [0.29, 0.717) is 24.6 Å². The van der Waals surface area contributed by atoms with E-state index < -0.39 is 0 Å². The fraction of sp³-hybridized carbons (Fsp3) is 0.353. The first-order valence-corrected chi connectivity index (χ1v) is 7.61. The Bertz CT molecular complexity index is 647. The lowest BCUT2D eigenvalue weighted by Gasteiger charge is -2.19. The minimum Gasteiger partial charge on any atom is -0.497 e. The van der Waals surface area contributed by atoms with Gasteiger partial charge in [0.2, 0.25) is 5.91 Å². The summed E-state index contributed by atoms with van der Waals surface area (Å²) in [7, 11) is 3.20. The average molecular weight is 315 g/mol. The lowest BCUT2D eigenvalue weighted by atomic mass is 10.2. The van der Waals surface area contributed by atoms with Crippen molar-refractivity contribution >= 4 is 11.6 Å². The molecule has 1 saturated heterocycles. The standard InChI is InChI=1S/C17H21N3O3/c1-22-14-8-13(9-15(10-14)23-2)20-7-5-16(17(20)21)19-11-12-4-3-6-18-12/h3-4,6,8-10,16,18-19H,5,7,11H2,1-2H3/t16-/m1/s1. The summed E-state index contributed by atoms with van der Waals surface area (Å²) in [5, 5.41) is 3.31. The van der Waals surface area contributed by atoms with Crippen molar-refractivity contribution in [3.05, 3.63) is 42.2 Å². The summed E-state index contributed by atoms with van der Waals surface area (Å²) >= 11 is 0. The second-order valence-corrected chi connectivity index (χ2v) is 5.48. The van der Waals surface area contributed by atoms with E-state index in [0.717, 1.165) is 17.8 Å². The van der Waals surface area contributed by atoms with Crippen LogP contribution >= 0.6 is 0 Å². The third kappa shape index (κ3) is 3.32. The van der Waals surface area contributed by atoms with Crippen LogP contribution < -0.4 is 19.7 Å². The van der Waals surface area contributed by atoms with Crippen LogP contribution in [0, 0.1) is 0 Å². The minimum absolute atomic E-state index is 0.0758. The van der Waals surface area contributed by atoms with Crippen LogP contribution in [0.1, 0.15) is 12.1 Å². The second kappa shape index (κ2) is 6.75. The summed E-state index contributed by atoms with van der Waals surface area (Å²) in [6.45, 7) is 1.33. The van der Waals surface area contributed by atoms with Gasteiger partial charge in [-0.15, -0.1) is 0 Å². The largest absolute Gasteiger partial charge is 0.497 e. The molecule has 1 fully saturated rings. The van der Waals surface area contributed by atoms with Crippen molar-refractivity contribution in [1.29, 1.82) is 0 Å². The molecule has 1 aliphatic heterocycles. The second-order valence-electron chi connectivity index (χ2n) is 5.48. The molecule has 2 heterocycles. The molecule has 1 atom stereocenters. The number of nitrogens with zero attached hydrogens (tertiary/aromatic N) is 1. The van der Waals surface area contributed by atoms with Crippen LogP contribution in [0.25, 0.3) is 0 Å². The van der Waals surface area contributed by atoms with Crippen molar-refractivity contribution < 1.29 is 14.3 Å². The quantitative estimate of drug-likeness (QED) is 0.855. The normalized spacial score (nSPS) is 17.6. The van der Waals surface area contributed by atoms with Crippen molar-refractivity contribution in [3.8, 4) is 11.5 Å². The van der Waals surface area contributed by atoms with Gasteiger partial charge in [-0.25, -0.2) is 0 Å². The van der Waals surface area contributed by atoms with Crippen LogP contribution in [-0.2, 0) is 11.3 Å². The van der Waals surface area contributed by atoms with E-state index in [2.05, 4.69) is 10.3 Å². The highest BCUT2D eigenvalue weighted by Gasteiger charge is 2.32. The summed E-state index contributed by atoms with van der Waals surface area (Å²) in [5.41, 5.74) is 1.87. The van der Waals surface area contributed by atoms with Crippen molar-refractivity contribution in [2.75, 3.05) is 25.7 Å². The van der Waals surface area contributed by atoms with Gasteiger partial charge in [-0.2, -0.15) is 0 Å². The van der Waals surface area contributed by atoms with E-state index in [4.69, 9.17) is 9.47 Å². The number of nitrogens with one attached hydrogen (secondary N) is 2. The van der Waals surface area contributed by atoms with E-state index in [9.17, 15) is 4.79 Å². The maximum absolute atomic E-state index is 12.6. The molecule has 2 N–H and O–H groups in total. The molecule has 0 aliphatic carbocycles. The van der Waals surface area contributed by atoms with E-state index in [1.54, 1.807) is 25.2 Å². The van der Waals surface area contributed by atoms with Crippen LogP contribution in [0.3, 0.4) is 0 Å². The number of methoxy groups -OCH3 is 2. The molecule has 6 heteroatoms. The zero-order valence-corrected chi connectivity index (χ0v) is 13.3. The van der Waals surface area contributed by atoms with Gasteiger partial charge in [0.1, 0.15) is 11.5 Å². The zero-order valence-electron chi connectivity index (χ0n) is 13.3. The summed E-state index contributed by atoms with van der Waals surface area (Å²) in [6.07, 6.45) is 2.65. The van der Waals surface area contributed by atoms with Gasteiger partial charge >= 0.3 is 0 Å². The molecule has 1 amide bonds. The van der Waals surface area contributed by atoms with Crippen molar-refractivity contribution in [2.45, 2.75) is 19.0 Å². The fourth-order valence-corrected chi connectivity index (χ4v) is 2.78. The predicted molar refractivity (Wildman–Crippen MR) is 87.9 cm³/mol. The minimum atomic E-state index is -0.171. The van der Waals surface area contributed by atoms with Gasteiger partial charge in [0.15, 0.2) is 0 Å². The molecule has 0 unspecified atom stereocenters. The first-order chi connectivity index (χ1) is 11.2. The SMILES string of the molecule is COc1cc(OC)cc(N2CC[C@@H](NCc3ccc[nH]3)C2=O)c1. The average Bonchev–Trinajstić information content (AvgIpc) is 3.22. The summed E-state index contributed by atoms with van der Waals surface area (Å²) < 4.78 is 10.6. The lowest BCUT2D eigenvalue weighted by molar-refractivity contribution is -0.118. The highest BCUT2D eigenvalue weighted by atomic mass is 16.5. The molecule has 1 aromatic carbocycles. The Balaban J connectivity index is 1.71. The first-order valence-electron chi connectivity index (χ1n) is 7.61. The van der Waals surface area contributed by atoms with E-state index in [1.807, 2.05) is 30.5 Å². The molecule has 0 saturated carbocycles. The molecule has 0 radical (unpaired) electrons. The van der Waals surface area contributed by atoms with E-state index in [1.165, 1.54) is 0 Å². The van der Waals surface area contributed by atoms with Crippen LogP contribution in [0.15, 0.2) is 36.5 Å². The van der Waals surface area contributed by atoms with Gasteiger partial charge in [-0.05, 0) is 18.6 Å². The molecule has 122 valence electrons. The number of hydrogen-bond acceptors (Lipinski definition) is 4. The van der Waals surface area contributed by atoms with Crippen LogP contribution in [-0.4, -0.2) is 37.7 Å². The molecule has 0 bridgehead atoms. The molecule has 6 nitrogen and oxygen atoms in total. The number of ether oxygens (including phenoxy) is 2. The Labute approximate surface area is 135 Å². The van der Waals surface area contributed by atoms with Gasteiger partial charge in [-0.3, -0.25) is 4.79 Å². The number of aromatic nitrogens is 1. The number of carbonyl (C=O) groups excluding carboxylic acids is 1. The van der Waals surface area contributed by atoms with Gasteiger partial charge in [-0.1, -0.05) is 0 Å². The molecule has 1 aliphatic rings. The maximum atomic E-state index is 12.6. The van der Waals surface area contributed by atoms with Gasteiger partial charge < -0.3 is 24.7 Å². The Kier molecular flexibility index (Phi) is 4.52. The zero-order chi connectivity index (χ0) is 16.2. The number of benzene rings is 1. The molecular formula is C17H21N3O3. The monoisotopic (exact) mass is 315 g/mol. The fourth-order valence-electron chi connectivity index (χ4n) is 2.78. The Morgan fingerprint density at radius 3 is 2.61 bits per heavy atom. The predicted octanol–water partition coefficient (Wildman–Crippen LogP) is 1.93. The Hall–Kier alpha value is -2.47. The van der Waals surface area contributed by atoms with Gasteiger partial charge in [0, 0.05) is 43.2 Å². The lowest BCUT2D eigenvalue weighted by Crippen LogP contribution is -2.38. The maximum Gasteiger partial charge on any atom is 0.244 e. The number of carbonyl (C=O) groups is 1. The molecule has 0 spiro atoms.